The molecular weight excluding hydrogens is 438 g/mol. The van der Waals surface area contributed by atoms with Crippen molar-refractivity contribution in [2.75, 3.05) is 12.3 Å². The number of nitrogen functional groups attached to an aromatic ring is 1. The molecule has 8 N–H and O–H groups in total. The van der Waals surface area contributed by atoms with Crippen molar-refractivity contribution in [3.63, 3.8) is 0 Å². The van der Waals surface area contributed by atoms with Crippen LogP contribution in [0.4, 0.5) is 5.82 Å². The SMILES string of the molecule is NC(=O)/C=C/c1cn(C2CC(OP(=O)(O)O)C(COP(=O)(O)O)O2)c(=O)nc1N. The van der Waals surface area contributed by atoms with Gasteiger partial charge in [-0.3, -0.25) is 18.4 Å². The monoisotopic (exact) mass is 456 g/mol. The van der Waals surface area contributed by atoms with Crippen molar-refractivity contribution in [3.05, 3.63) is 28.3 Å². The van der Waals surface area contributed by atoms with E-state index in [9.17, 15) is 18.7 Å². The molecule has 3 unspecified atom stereocenters. The number of ether oxygens (including phenoxy) is 1. The quantitative estimate of drug-likeness (QED) is 0.187. The summed E-state index contributed by atoms with van der Waals surface area (Å²) in [4.78, 5) is 62.3. The largest absolute Gasteiger partial charge is 0.469 e. The Morgan fingerprint density at radius 3 is 2.55 bits per heavy atom. The Balaban J connectivity index is 2.33. The zero-order valence-corrected chi connectivity index (χ0v) is 16.3. The van der Waals surface area contributed by atoms with E-state index in [1.807, 2.05) is 0 Å². The molecule has 2 rings (SSSR count). The minimum atomic E-state index is -5.00. The van der Waals surface area contributed by atoms with E-state index in [1.54, 1.807) is 0 Å². The summed E-state index contributed by atoms with van der Waals surface area (Å²) in [6, 6.07) is 0. The molecule has 0 bridgehead atoms. The number of carbonyl (C=O) groups excluding carboxylic acids is 1. The van der Waals surface area contributed by atoms with Gasteiger partial charge < -0.3 is 35.8 Å². The number of rotatable bonds is 8. The maximum Gasteiger partial charge on any atom is 0.469 e. The molecule has 3 atom stereocenters. The first-order chi connectivity index (χ1) is 13.2. The molecule has 0 aromatic carbocycles. The van der Waals surface area contributed by atoms with Crippen molar-refractivity contribution in [1.82, 2.24) is 9.55 Å². The number of hydrogen-bond donors (Lipinski definition) is 6. The summed E-state index contributed by atoms with van der Waals surface area (Å²) >= 11 is 0. The number of primary amides is 1. The maximum atomic E-state index is 12.2. The molecule has 29 heavy (non-hydrogen) atoms. The first-order valence-corrected chi connectivity index (χ1v) is 10.8. The molecule has 1 aromatic heterocycles. The van der Waals surface area contributed by atoms with Gasteiger partial charge in [-0.2, -0.15) is 4.98 Å². The summed E-state index contributed by atoms with van der Waals surface area (Å²) in [7, 11) is -9.91. The van der Waals surface area contributed by atoms with E-state index in [0.29, 0.717) is 0 Å². The van der Waals surface area contributed by atoms with Crippen LogP contribution in [0.3, 0.4) is 0 Å². The fraction of sp³-hybridized carbons (Fsp3) is 0.417. The van der Waals surface area contributed by atoms with Crippen LogP contribution < -0.4 is 17.2 Å². The molecule has 0 saturated carbocycles. The second kappa shape index (κ2) is 8.83. The topological polar surface area (TPSA) is 247 Å². The Hall–Kier alpha value is -1.93. The fourth-order valence-electron chi connectivity index (χ4n) is 2.48. The van der Waals surface area contributed by atoms with Gasteiger partial charge in [0.05, 0.1) is 6.61 Å². The van der Waals surface area contributed by atoms with Crippen molar-refractivity contribution in [3.8, 4) is 0 Å². The molecular formula is C12H18N4O11P2. The number of phosphoric acid groups is 2. The summed E-state index contributed by atoms with van der Waals surface area (Å²) in [5.41, 5.74) is 9.83. The van der Waals surface area contributed by atoms with Crippen molar-refractivity contribution < 1.29 is 47.3 Å². The standard InChI is InChI=1S/C12H18N4O11P2/c13-9(17)2-1-6-4-16(12(18)15-11(6)14)10-3-7(27-29(22,23)24)8(26-10)5-25-28(19,20)21/h1-2,4,7-8,10H,3,5H2,(H2,13,17)(H2,14,15,18)(H2,19,20,21)(H2,22,23,24)/b2-1+. The van der Waals surface area contributed by atoms with Crippen LogP contribution in [0.2, 0.25) is 0 Å². The lowest BCUT2D eigenvalue weighted by atomic mass is 10.2. The van der Waals surface area contributed by atoms with Crippen molar-refractivity contribution in [1.29, 1.82) is 0 Å². The van der Waals surface area contributed by atoms with E-state index in [-0.39, 0.29) is 17.8 Å². The molecule has 2 heterocycles. The minimum absolute atomic E-state index is 0.120. The Morgan fingerprint density at radius 1 is 1.34 bits per heavy atom. The number of nitrogens with zero attached hydrogens (tertiary/aromatic N) is 2. The fourth-order valence-corrected chi connectivity index (χ4v) is 3.40. The van der Waals surface area contributed by atoms with Gasteiger partial charge in [-0.05, 0) is 6.08 Å². The van der Waals surface area contributed by atoms with Gasteiger partial charge in [0.1, 0.15) is 24.3 Å². The smallest absolute Gasteiger partial charge is 0.383 e. The minimum Gasteiger partial charge on any atom is -0.383 e. The molecule has 1 amide bonds. The van der Waals surface area contributed by atoms with Crippen LogP contribution >= 0.6 is 15.6 Å². The molecule has 0 radical (unpaired) electrons. The summed E-state index contributed by atoms with van der Waals surface area (Å²) in [6.07, 6.45) is -0.893. The van der Waals surface area contributed by atoms with Crippen LogP contribution in [0, 0.1) is 0 Å². The average molecular weight is 456 g/mol. The van der Waals surface area contributed by atoms with E-state index in [1.165, 1.54) is 6.08 Å². The van der Waals surface area contributed by atoms with Gasteiger partial charge in [-0.15, -0.1) is 0 Å². The van der Waals surface area contributed by atoms with Crippen LogP contribution in [-0.2, 0) is 27.7 Å². The molecule has 1 aromatic rings. The Bertz CT molecular complexity index is 952. The lowest BCUT2D eigenvalue weighted by molar-refractivity contribution is -0.113. The van der Waals surface area contributed by atoms with E-state index in [2.05, 4.69) is 14.0 Å². The predicted octanol–water partition coefficient (Wildman–Crippen LogP) is -1.80. The van der Waals surface area contributed by atoms with Gasteiger partial charge in [0.2, 0.25) is 5.91 Å². The van der Waals surface area contributed by atoms with E-state index in [4.69, 9.17) is 35.8 Å². The number of nitrogens with two attached hydrogens (primary N) is 2. The van der Waals surface area contributed by atoms with Gasteiger partial charge >= 0.3 is 21.3 Å². The highest BCUT2D eigenvalue weighted by molar-refractivity contribution is 7.46. The lowest BCUT2D eigenvalue weighted by Gasteiger charge is -2.19. The third kappa shape index (κ3) is 7.12. The van der Waals surface area contributed by atoms with Crippen molar-refractivity contribution >= 4 is 33.4 Å². The highest BCUT2D eigenvalue weighted by atomic mass is 31.2. The van der Waals surface area contributed by atoms with E-state index >= 15 is 0 Å². The van der Waals surface area contributed by atoms with Gasteiger partial charge in [-0.1, -0.05) is 0 Å². The van der Waals surface area contributed by atoms with Crippen molar-refractivity contribution in [2.24, 2.45) is 5.73 Å². The number of hydrogen-bond acceptors (Lipinski definition) is 9. The summed E-state index contributed by atoms with van der Waals surface area (Å²) in [5.74, 6) is -1.00. The molecule has 162 valence electrons. The highest BCUT2D eigenvalue weighted by Crippen LogP contribution is 2.45. The third-order valence-corrected chi connectivity index (χ3v) is 4.64. The van der Waals surface area contributed by atoms with Gasteiger partial charge in [0, 0.05) is 24.3 Å². The van der Waals surface area contributed by atoms with E-state index in [0.717, 1.165) is 16.8 Å². The third-order valence-electron chi connectivity index (χ3n) is 3.61. The summed E-state index contributed by atoms with van der Waals surface area (Å²) < 4.78 is 37.3. The number of anilines is 1. The molecule has 0 aliphatic carbocycles. The van der Waals surface area contributed by atoms with Crippen LogP contribution in [0.15, 0.2) is 17.1 Å². The second-order valence-electron chi connectivity index (χ2n) is 5.79. The summed E-state index contributed by atoms with van der Waals surface area (Å²) in [6.45, 7) is -0.781. The molecule has 1 fully saturated rings. The zero-order chi connectivity index (χ0) is 22.0. The van der Waals surface area contributed by atoms with Gasteiger partial charge in [-0.25, -0.2) is 13.9 Å². The number of phosphoric ester groups is 2. The molecule has 1 saturated heterocycles. The molecule has 17 heteroatoms. The Labute approximate surface area is 162 Å². The second-order valence-corrected chi connectivity index (χ2v) is 8.22. The number of amides is 1. The Kier molecular flexibility index (Phi) is 7.11. The summed E-state index contributed by atoms with van der Waals surface area (Å²) in [5, 5.41) is 0. The lowest BCUT2D eigenvalue weighted by Crippen LogP contribution is -2.29. The normalized spacial score (nSPS) is 23.0. The van der Waals surface area contributed by atoms with Gasteiger partial charge in [0.25, 0.3) is 0 Å². The van der Waals surface area contributed by atoms with Crippen molar-refractivity contribution in [2.45, 2.75) is 24.9 Å². The van der Waals surface area contributed by atoms with Gasteiger partial charge in [0.15, 0.2) is 0 Å². The average Bonchev–Trinajstić information content (AvgIpc) is 2.92. The zero-order valence-electron chi connectivity index (χ0n) is 14.5. The first kappa shape index (κ1) is 23.3. The molecule has 1 aliphatic rings. The predicted molar refractivity (Wildman–Crippen MR) is 94.6 cm³/mol. The number of aromatic nitrogens is 2. The first-order valence-electron chi connectivity index (χ1n) is 7.71. The Morgan fingerprint density at radius 2 is 2.00 bits per heavy atom. The molecule has 0 spiro atoms. The van der Waals surface area contributed by atoms with E-state index < -0.39 is 52.3 Å². The number of carbonyl (C=O) groups is 1. The highest BCUT2D eigenvalue weighted by Gasteiger charge is 2.42. The van der Waals surface area contributed by atoms with Crippen LogP contribution in [0.25, 0.3) is 6.08 Å². The van der Waals surface area contributed by atoms with Crippen LogP contribution in [0.5, 0.6) is 0 Å². The maximum absolute atomic E-state index is 12.2. The van der Waals surface area contributed by atoms with Crippen LogP contribution in [0.1, 0.15) is 18.2 Å². The molecule has 15 nitrogen and oxygen atoms in total. The van der Waals surface area contributed by atoms with Crippen LogP contribution in [-0.4, -0.2) is 53.8 Å². The molecule has 1 aliphatic heterocycles.